The van der Waals surface area contributed by atoms with Crippen LogP contribution in [-0.4, -0.2) is 36.7 Å². The van der Waals surface area contributed by atoms with Crippen molar-refractivity contribution in [3.63, 3.8) is 0 Å². The fourth-order valence-corrected chi connectivity index (χ4v) is 2.06. The molecule has 0 aliphatic carbocycles. The number of oxime groups is 1. The molecule has 0 radical (unpaired) electrons. The third-order valence-electron chi connectivity index (χ3n) is 3.44. The molecule has 1 aromatic carbocycles. The molecule has 1 aliphatic heterocycles. The number of hydrogen-bond donors (Lipinski definition) is 2. The Morgan fingerprint density at radius 2 is 2.05 bits per heavy atom. The van der Waals surface area contributed by atoms with Crippen LogP contribution in [0.2, 0.25) is 0 Å². The fraction of sp³-hybridized carbons (Fsp3) is 0.400. The van der Waals surface area contributed by atoms with Gasteiger partial charge in [0, 0.05) is 26.4 Å². The highest BCUT2D eigenvalue weighted by Gasteiger charge is 2.42. The van der Waals surface area contributed by atoms with Crippen molar-refractivity contribution in [1.29, 1.82) is 0 Å². The van der Waals surface area contributed by atoms with Gasteiger partial charge < -0.3 is 15.5 Å². The summed E-state index contributed by atoms with van der Waals surface area (Å²) in [5, 5.41) is 9.05. The molecule has 1 aliphatic rings. The summed E-state index contributed by atoms with van der Waals surface area (Å²) in [4.78, 5) is 28.5. The van der Waals surface area contributed by atoms with E-state index in [9.17, 15) is 14.0 Å². The van der Waals surface area contributed by atoms with Crippen LogP contribution in [0, 0.1) is 5.82 Å². The van der Waals surface area contributed by atoms with Gasteiger partial charge in [-0.3, -0.25) is 9.59 Å². The summed E-state index contributed by atoms with van der Waals surface area (Å²) >= 11 is 0. The third kappa shape index (κ3) is 3.60. The van der Waals surface area contributed by atoms with Gasteiger partial charge >= 0.3 is 0 Å². The fourth-order valence-electron chi connectivity index (χ4n) is 2.06. The van der Waals surface area contributed by atoms with Crippen molar-refractivity contribution in [3.8, 4) is 0 Å². The normalized spacial score (nSPS) is 20.0. The van der Waals surface area contributed by atoms with Gasteiger partial charge in [-0.1, -0.05) is 17.3 Å². The van der Waals surface area contributed by atoms with E-state index in [1.165, 1.54) is 19.2 Å². The number of halogens is 1. The number of carbonyl (C=O) groups is 2. The maximum atomic E-state index is 12.9. The summed E-state index contributed by atoms with van der Waals surface area (Å²) in [7, 11) is 1.54. The molecule has 0 aromatic heterocycles. The van der Waals surface area contributed by atoms with E-state index in [-0.39, 0.29) is 37.0 Å². The molecule has 2 amide bonds. The van der Waals surface area contributed by atoms with Crippen LogP contribution in [0.5, 0.6) is 0 Å². The molecular weight excluding hydrogens is 289 g/mol. The highest BCUT2D eigenvalue weighted by atomic mass is 19.1. The summed E-state index contributed by atoms with van der Waals surface area (Å²) < 4.78 is 12.9. The van der Waals surface area contributed by atoms with Crippen LogP contribution in [0.25, 0.3) is 0 Å². The van der Waals surface area contributed by atoms with Gasteiger partial charge in [0.05, 0.1) is 5.71 Å². The SMILES string of the molecule is CNC(=O)CCNC(=O)C1(C)CC(c2ccc(F)cc2)=NO1. The molecule has 0 fully saturated rings. The van der Waals surface area contributed by atoms with Crippen LogP contribution < -0.4 is 10.6 Å². The van der Waals surface area contributed by atoms with Crippen LogP contribution in [0.1, 0.15) is 25.3 Å². The summed E-state index contributed by atoms with van der Waals surface area (Å²) in [5.41, 5.74) is 0.180. The molecule has 1 unspecified atom stereocenters. The average molecular weight is 307 g/mol. The van der Waals surface area contributed by atoms with Crippen molar-refractivity contribution in [1.82, 2.24) is 10.6 Å². The number of nitrogens with zero attached hydrogens (tertiary/aromatic N) is 1. The maximum absolute atomic E-state index is 12.9. The van der Waals surface area contributed by atoms with E-state index < -0.39 is 5.60 Å². The molecule has 6 nitrogen and oxygen atoms in total. The molecule has 118 valence electrons. The van der Waals surface area contributed by atoms with Gasteiger partial charge in [-0.2, -0.15) is 0 Å². The molecule has 1 heterocycles. The molecule has 1 atom stereocenters. The number of amides is 2. The summed E-state index contributed by atoms with van der Waals surface area (Å²) in [6.45, 7) is 1.85. The second-order valence-corrected chi connectivity index (χ2v) is 5.22. The Morgan fingerprint density at radius 1 is 1.36 bits per heavy atom. The molecule has 1 aromatic rings. The first-order valence-corrected chi connectivity index (χ1v) is 6.94. The summed E-state index contributed by atoms with van der Waals surface area (Å²) in [5.74, 6) is -0.823. The average Bonchev–Trinajstić information content (AvgIpc) is 2.91. The Labute approximate surface area is 127 Å². The largest absolute Gasteiger partial charge is 0.379 e. The number of hydrogen-bond acceptors (Lipinski definition) is 4. The minimum atomic E-state index is -1.12. The van der Waals surface area contributed by atoms with E-state index in [0.29, 0.717) is 11.3 Å². The van der Waals surface area contributed by atoms with E-state index in [2.05, 4.69) is 15.8 Å². The number of rotatable bonds is 5. The topological polar surface area (TPSA) is 79.8 Å². The molecule has 0 saturated carbocycles. The predicted molar refractivity (Wildman–Crippen MR) is 78.7 cm³/mol. The Balaban J connectivity index is 1.92. The van der Waals surface area contributed by atoms with Crippen LogP contribution >= 0.6 is 0 Å². The summed E-state index contributed by atoms with van der Waals surface area (Å²) in [6.07, 6.45) is 0.481. The molecular formula is C15H18FN3O3. The predicted octanol–water partition coefficient (Wildman–Crippen LogP) is 0.961. The number of carbonyl (C=O) groups excluding carboxylic acids is 2. The minimum absolute atomic E-state index is 0.152. The smallest absolute Gasteiger partial charge is 0.267 e. The molecule has 0 spiro atoms. The van der Waals surface area contributed by atoms with Crippen molar-refractivity contribution in [2.45, 2.75) is 25.4 Å². The monoisotopic (exact) mass is 307 g/mol. The quantitative estimate of drug-likeness (QED) is 0.850. The van der Waals surface area contributed by atoms with Gasteiger partial charge in [0.2, 0.25) is 11.5 Å². The van der Waals surface area contributed by atoms with Crippen molar-refractivity contribution in [3.05, 3.63) is 35.6 Å². The van der Waals surface area contributed by atoms with Crippen molar-refractivity contribution in [2.24, 2.45) is 5.16 Å². The Morgan fingerprint density at radius 3 is 2.68 bits per heavy atom. The van der Waals surface area contributed by atoms with E-state index in [1.54, 1.807) is 19.1 Å². The first-order chi connectivity index (χ1) is 10.4. The third-order valence-corrected chi connectivity index (χ3v) is 3.44. The van der Waals surface area contributed by atoms with E-state index in [4.69, 9.17) is 4.84 Å². The Hall–Kier alpha value is -2.44. The van der Waals surface area contributed by atoms with Gasteiger partial charge in [-0.15, -0.1) is 0 Å². The maximum Gasteiger partial charge on any atom is 0.267 e. The molecule has 2 N–H and O–H groups in total. The van der Waals surface area contributed by atoms with Crippen LogP contribution in [0.3, 0.4) is 0 Å². The molecule has 2 rings (SSSR count). The first-order valence-electron chi connectivity index (χ1n) is 6.94. The van der Waals surface area contributed by atoms with Crippen molar-refractivity contribution in [2.75, 3.05) is 13.6 Å². The standard InChI is InChI=1S/C15H18FN3O3/c1-15(14(21)18-8-7-13(20)17-2)9-12(19-22-15)10-3-5-11(16)6-4-10/h3-6H,7-9H2,1-2H3,(H,17,20)(H,18,21). The van der Waals surface area contributed by atoms with Crippen molar-refractivity contribution < 1.29 is 18.8 Å². The van der Waals surface area contributed by atoms with Gasteiger partial charge in [-0.05, 0) is 24.6 Å². The van der Waals surface area contributed by atoms with Gasteiger partial charge in [0.1, 0.15) is 5.82 Å². The first kappa shape index (κ1) is 15.9. The van der Waals surface area contributed by atoms with Gasteiger partial charge in [0.15, 0.2) is 0 Å². The van der Waals surface area contributed by atoms with Gasteiger partial charge in [-0.25, -0.2) is 4.39 Å². The highest BCUT2D eigenvalue weighted by molar-refractivity contribution is 6.05. The van der Waals surface area contributed by atoms with Crippen LogP contribution in [-0.2, 0) is 14.4 Å². The Kier molecular flexibility index (Phi) is 4.75. The molecule has 0 saturated heterocycles. The summed E-state index contributed by atoms with van der Waals surface area (Å²) in [6, 6.07) is 5.84. The van der Waals surface area contributed by atoms with E-state index >= 15 is 0 Å². The lowest BCUT2D eigenvalue weighted by Crippen LogP contribution is -2.45. The lowest BCUT2D eigenvalue weighted by atomic mass is 9.95. The van der Waals surface area contributed by atoms with Crippen molar-refractivity contribution >= 4 is 17.5 Å². The molecule has 22 heavy (non-hydrogen) atoms. The Bertz CT molecular complexity index is 601. The highest BCUT2D eigenvalue weighted by Crippen LogP contribution is 2.26. The van der Waals surface area contributed by atoms with Crippen LogP contribution in [0.15, 0.2) is 29.4 Å². The van der Waals surface area contributed by atoms with E-state index in [0.717, 1.165) is 0 Å². The second kappa shape index (κ2) is 6.55. The molecule has 0 bridgehead atoms. The minimum Gasteiger partial charge on any atom is -0.379 e. The lowest BCUT2D eigenvalue weighted by Gasteiger charge is -2.20. The van der Waals surface area contributed by atoms with Crippen LogP contribution in [0.4, 0.5) is 4.39 Å². The van der Waals surface area contributed by atoms with Gasteiger partial charge in [0.25, 0.3) is 5.91 Å². The second-order valence-electron chi connectivity index (χ2n) is 5.22. The van der Waals surface area contributed by atoms with E-state index in [1.807, 2.05) is 0 Å². The molecule has 7 heteroatoms. The zero-order valence-electron chi connectivity index (χ0n) is 12.5. The zero-order valence-corrected chi connectivity index (χ0v) is 12.5. The lowest BCUT2D eigenvalue weighted by molar-refractivity contribution is -0.141. The number of benzene rings is 1. The zero-order chi connectivity index (χ0) is 16.2. The number of nitrogens with one attached hydrogen (secondary N) is 2.